The Balaban J connectivity index is 2.03. The molecule has 0 aliphatic carbocycles. The molecule has 1 fully saturated rings. The molecule has 0 spiro atoms. The molecule has 7 unspecified atom stereocenters. The second kappa shape index (κ2) is 64.6. The van der Waals surface area contributed by atoms with Crippen LogP contribution in [0.25, 0.3) is 0 Å². The Morgan fingerprint density at radius 2 is 0.679 bits per heavy atom. The standard InChI is InChI=1S/C75H145NO8/c1-3-5-7-9-11-13-15-17-19-21-23-25-26-27-28-29-30-31-32-33-34-35-36-37-38-39-40-41-42-43-44-45-47-49-51-53-55-57-59-61-63-65-71(79)76-68(67-83-75-74(82)73(81)72(80)70(66-77)84-75)69(78)64-62-60-58-56-54-52-50-48-46-24-22-20-18-16-14-12-10-8-6-4-2/h54,56,62,64,68-70,72-75,77-78,80-82H,3-53,55,57-61,63,65-67H2,1-2H3,(H,76,79)/b56-54+,64-62+. The maximum Gasteiger partial charge on any atom is 0.220 e. The summed E-state index contributed by atoms with van der Waals surface area (Å²) in [6.07, 6.45) is 79.0. The fourth-order valence-electron chi connectivity index (χ4n) is 12.4. The van der Waals surface area contributed by atoms with Gasteiger partial charge in [-0.2, -0.15) is 0 Å². The van der Waals surface area contributed by atoms with Crippen molar-refractivity contribution >= 4 is 5.91 Å². The van der Waals surface area contributed by atoms with E-state index in [1.54, 1.807) is 6.08 Å². The number of aliphatic hydroxyl groups excluding tert-OH is 5. The zero-order valence-electron chi connectivity index (χ0n) is 55.9. The van der Waals surface area contributed by atoms with Crippen molar-refractivity contribution in [2.24, 2.45) is 0 Å². The monoisotopic (exact) mass is 1190 g/mol. The molecular formula is C75H145NO8. The van der Waals surface area contributed by atoms with Gasteiger partial charge in [-0.25, -0.2) is 0 Å². The van der Waals surface area contributed by atoms with Crippen LogP contribution in [0.2, 0.25) is 0 Å². The van der Waals surface area contributed by atoms with Gasteiger partial charge in [0.2, 0.25) is 5.91 Å². The Morgan fingerprint density at radius 1 is 0.393 bits per heavy atom. The summed E-state index contributed by atoms with van der Waals surface area (Å²) < 4.78 is 11.3. The molecule has 1 heterocycles. The van der Waals surface area contributed by atoms with Gasteiger partial charge in [-0.05, 0) is 32.1 Å². The lowest BCUT2D eigenvalue weighted by molar-refractivity contribution is -0.302. The minimum Gasteiger partial charge on any atom is -0.394 e. The van der Waals surface area contributed by atoms with E-state index in [0.717, 1.165) is 38.5 Å². The average molecular weight is 1190 g/mol. The van der Waals surface area contributed by atoms with E-state index in [1.807, 2.05) is 6.08 Å². The maximum atomic E-state index is 13.1. The van der Waals surface area contributed by atoms with Crippen LogP contribution in [0, 0.1) is 0 Å². The number of unbranched alkanes of at least 4 members (excludes halogenated alkanes) is 55. The molecule has 1 rings (SSSR count). The summed E-state index contributed by atoms with van der Waals surface area (Å²) in [6.45, 7) is 3.82. The van der Waals surface area contributed by atoms with Gasteiger partial charge in [0.25, 0.3) is 0 Å². The number of carbonyl (C=O) groups excluding carboxylic acids is 1. The fraction of sp³-hybridized carbons (Fsp3) is 0.933. The van der Waals surface area contributed by atoms with E-state index < -0.39 is 49.5 Å². The van der Waals surface area contributed by atoms with Crippen LogP contribution in [0.3, 0.4) is 0 Å². The number of carbonyl (C=O) groups is 1. The minimum absolute atomic E-state index is 0.178. The second-order valence-electron chi connectivity index (χ2n) is 26.4. The zero-order valence-corrected chi connectivity index (χ0v) is 55.9. The first kappa shape index (κ1) is 80.7. The van der Waals surface area contributed by atoms with E-state index in [2.05, 4.69) is 31.3 Å². The van der Waals surface area contributed by atoms with Gasteiger partial charge in [-0.1, -0.05) is 378 Å². The summed E-state index contributed by atoms with van der Waals surface area (Å²) in [7, 11) is 0. The van der Waals surface area contributed by atoms with E-state index in [9.17, 15) is 30.3 Å². The number of ether oxygens (including phenoxy) is 2. The van der Waals surface area contributed by atoms with E-state index in [4.69, 9.17) is 9.47 Å². The van der Waals surface area contributed by atoms with E-state index in [0.29, 0.717) is 6.42 Å². The smallest absolute Gasteiger partial charge is 0.220 e. The number of allylic oxidation sites excluding steroid dienone is 3. The van der Waals surface area contributed by atoms with Crippen molar-refractivity contribution in [1.29, 1.82) is 0 Å². The molecule has 7 atom stereocenters. The highest BCUT2D eigenvalue weighted by atomic mass is 16.7. The average Bonchev–Trinajstić information content (AvgIpc) is 3.68. The Labute approximate surface area is 521 Å². The molecule has 0 saturated carbocycles. The predicted octanol–water partition coefficient (Wildman–Crippen LogP) is 20.8. The summed E-state index contributed by atoms with van der Waals surface area (Å²) in [6, 6.07) is -0.820. The summed E-state index contributed by atoms with van der Waals surface area (Å²) in [4.78, 5) is 13.1. The lowest BCUT2D eigenvalue weighted by Gasteiger charge is -2.40. The highest BCUT2D eigenvalue weighted by Gasteiger charge is 2.44. The first-order valence-electron chi connectivity index (χ1n) is 37.6. The highest BCUT2D eigenvalue weighted by molar-refractivity contribution is 5.76. The summed E-state index contributed by atoms with van der Waals surface area (Å²) in [5.74, 6) is -0.178. The molecule has 0 aromatic heterocycles. The van der Waals surface area contributed by atoms with Crippen LogP contribution in [0.5, 0.6) is 0 Å². The molecule has 0 bridgehead atoms. The van der Waals surface area contributed by atoms with Crippen LogP contribution in [0.1, 0.15) is 393 Å². The normalized spacial score (nSPS) is 18.2. The molecule has 9 nitrogen and oxygen atoms in total. The van der Waals surface area contributed by atoms with Crippen molar-refractivity contribution in [2.45, 2.75) is 436 Å². The molecule has 6 N–H and O–H groups in total. The second-order valence-corrected chi connectivity index (χ2v) is 26.4. The molecule has 498 valence electrons. The largest absolute Gasteiger partial charge is 0.394 e. The molecule has 84 heavy (non-hydrogen) atoms. The van der Waals surface area contributed by atoms with Crippen molar-refractivity contribution < 1.29 is 39.8 Å². The van der Waals surface area contributed by atoms with E-state index >= 15 is 0 Å². The van der Waals surface area contributed by atoms with Crippen molar-refractivity contribution in [2.75, 3.05) is 13.2 Å². The molecule has 9 heteroatoms. The van der Waals surface area contributed by atoms with Crippen molar-refractivity contribution in [3.05, 3.63) is 24.3 Å². The Bertz CT molecular complexity index is 1380. The third-order valence-electron chi connectivity index (χ3n) is 18.3. The van der Waals surface area contributed by atoms with E-state index in [-0.39, 0.29) is 12.5 Å². The van der Waals surface area contributed by atoms with Crippen LogP contribution in [-0.2, 0) is 14.3 Å². The summed E-state index contributed by atoms with van der Waals surface area (Å²) >= 11 is 0. The number of hydrogen-bond acceptors (Lipinski definition) is 8. The molecule has 1 aliphatic rings. The first-order chi connectivity index (χ1) is 41.3. The topological polar surface area (TPSA) is 149 Å². The lowest BCUT2D eigenvalue weighted by atomic mass is 9.99. The van der Waals surface area contributed by atoms with Crippen molar-refractivity contribution in [1.82, 2.24) is 5.32 Å². The highest BCUT2D eigenvalue weighted by Crippen LogP contribution is 2.24. The van der Waals surface area contributed by atoms with Gasteiger partial charge >= 0.3 is 0 Å². The van der Waals surface area contributed by atoms with Crippen LogP contribution < -0.4 is 5.32 Å². The number of hydrogen-bond donors (Lipinski definition) is 6. The van der Waals surface area contributed by atoms with E-state index in [1.165, 1.54) is 334 Å². The third kappa shape index (κ3) is 52.6. The number of amides is 1. The van der Waals surface area contributed by atoms with Crippen LogP contribution in [0.15, 0.2) is 24.3 Å². The van der Waals surface area contributed by atoms with Gasteiger partial charge in [-0.3, -0.25) is 4.79 Å². The molecule has 0 radical (unpaired) electrons. The Kier molecular flexibility index (Phi) is 62.1. The molecular weight excluding hydrogens is 1040 g/mol. The molecule has 0 aromatic carbocycles. The lowest BCUT2D eigenvalue weighted by Crippen LogP contribution is -2.60. The SMILES string of the molecule is CCCCCCCCCCCCCCCC/C=C/CC/C=C/C(O)C(COC1OC(CO)C(O)C(O)C1O)NC(=O)CCCCCCCCCCCCCCCCCCCCCCCCCCCCCCCCCCCCCCCCCCC. The van der Waals surface area contributed by atoms with Gasteiger partial charge in [-0.15, -0.1) is 0 Å². The molecule has 0 aromatic rings. The quantitative estimate of drug-likeness (QED) is 0.0261. The number of nitrogens with one attached hydrogen (secondary N) is 1. The van der Waals surface area contributed by atoms with Crippen molar-refractivity contribution in [3.63, 3.8) is 0 Å². The third-order valence-corrected chi connectivity index (χ3v) is 18.3. The predicted molar refractivity (Wildman–Crippen MR) is 360 cm³/mol. The Hall–Kier alpha value is -1.33. The van der Waals surface area contributed by atoms with Crippen LogP contribution in [0.4, 0.5) is 0 Å². The van der Waals surface area contributed by atoms with Gasteiger partial charge in [0.05, 0.1) is 25.4 Å². The number of aliphatic hydroxyl groups is 5. The Morgan fingerprint density at radius 3 is 1.00 bits per heavy atom. The zero-order chi connectivity index (χ0) is 60.7. The first-order valence-corrected chi connectivity index (χ1v) is 37.6. The summed E-state index contributed by atoms with van der Waals surface area (Å²) in [5, 5.41) is 54.7. The van der Waals surface area contributed by atoms with Gasteiger partial charge in [0.1, 0.15) is 24.4 Å². The molecule has 1 saturated heterocycles. The van der Waals surface area contributed by atoms with Gasteiger partial charge in [0, 0.05) is 6.42 Å². The van der Waals surface area contributed by atoms with Crippen LogP contribution >= 0.6 is 0 Å². The maximum absolute atomic E-state index is 13.1. The van der Waals surface area contributed by atoms with Crippen LogP contribution in [-0.4, -0.2) is 87.5 Å². The van der Waals surface area contributed by atoms with Gasteiger partial charge in [0.15, 0.2) is 6.29 Å². The molecule has 1 amide bonds. The number of rotatable bonds is 67. The summed E-state index contributed by atoms with van der Waals surface area (Å²) in [5.41, 5.74) is 0. The molecule has 1 aliphatic heterocycles. The van der Waals surface area contributed by atoms with Gasteiger partial charge < -0.3 is 40.3 Å². The fourth-order valence-corrected chi connectivity index (χ4v) is 12.4. The van der Waals surface area contributed by atoms with Crippen molar-refractivity contribution in [3.8, 4) is 0 Å². The minimum atomic E-state index is -1.57.